The second kappa shape index (κ2) is 16.9. The molecule has 0 N–H and O–H groups in total. The SMILES string of the molecule is [Cl-].[Cl-].[Zr+2]=[C](Cc1cccc2ccccc12)Cc1cccc2ccccc12.[c-]1cccc2ccc3c(c12)Cc1ccccc1-3.c1cc[cH-]c1. The molecule has 0 amide bonds. The first-order valence-electron chi connectivity index (χ1n) is 15.9. The Morgan fingerprint density at radius 1 is 0.542 bits per heavy atom. The number of fused-ring (bicyclic) bond motifs is 7. The van der Waals surface area contributed by atoms with E-state index in [2.05, 4.69) is 140 Å². The molecule has 48 heavy (non-hydrogen) atoms. The van der Waals surface area contributed by atoms with E-state index < -0.39 is 0 Å². The topological polar surface area (TPSA) is 0 Å². The molecule has 0 heterocycles. The van der Waals surface area contributed by atoms with Gasteiger partial charge in [-0.05, 0) is 17.5 Å². The first-order valence-corrected chi connectivity index (χ1v) is 17.1. The number of rotatable bonds is 4. The van der Waals surface area contributed by atoms with Crippen molar-refractivity contribution in [3.8, 4) is 11.1 Å². The summed E-state index contributed by atoms with van der Waals surface area (Å²) in [5, 5.41) is 8.02. The number of benzene rings is 7. The Labute approximate surface area is 311 Å². The third-order valence-corrected chi connectivity index (χ3v) is 9.61. The predicted molar refractivity (Wildman–Crippen MR) is 193 cm³/mol. The first-order chi connectivity index (χ1) is 22.7. The number of halogens is 2. The van der Waals surface area contributed by atoms with Crippen LogP contribution in [0.4, 0.5) is 0 Å². The molecule has 1 aliphatic carbocycles. The van der Waals surface area contributed by atoms with E-state index >= 15 is 0 Å². The molecule has 0 saturated carbocycles. The monoisotopic (exact) mass is 734 g/mol. The van der Waals surface area contributed by atoms with E-state index in [-0.39, 0.29) is 24.8 Å². The van der Waals surface area contributed by atoms with E-state index in [1.165, 1.54) is 89.9 Å². The molecule has 8 aromatic rings. The molecule has 0 radical (unpaired) electrons. The van der Waals surface area contributed by atoms with Crippen molar-refractivity contribution in [3.05, 3.63) is 198 Å². The molecule has 0 aliphatic heterocycles. The van der Waals surface area contributed by atoms with Gasteiger partial charge < -0.3 is 24.8 Å². The Morgan fingerprint density at radius 2 is 1.10 bits per heavy atom. The van der Waals surface area contributed by atoms with Crippen LogP contribution in [-0.4, -0.2) is 3.21 Å². The third-order valence-electron chi connectivity index (χ3n) is 8.74. The fourth-order valence-corrected chi connectivity index (χ4v) is 7.49. The van der Waals surface area contributed by atoms with Gasteiger partial charge in [-0.3, -0.25) is 0 Å². The van der Waals surface area contributed by atoms with E-state index in [0.29, 0.717) is 0 Å². The van der Waals surface area contributed by atoms with Crippen LogP contribution in [0.15, 0.2) is 170 Å². The average molecular weight is 737 g/mol. The Bertz CT molecular complexity index is 2160. The van der Waals surface area contributed by atoms with Gasteiger partial charge in [-0.15, -0.1) is 40.6 Å². The van der Waals surface area contributed by atoms with Crippen molar-refractivity contribution in [2.24, 2.45) is 0 Å². The van der Waals surface area contributed by atoms with Crippen LogP contribution < -0.4 is 24.8 Å². The van der Waals surface area contributed by atoms with Crippen molar-refractivity contribution >= 4 is 35.5 Å². The molecular weight excluding hydrogens is 703 g/mol. The Balaban J connectivity index is 0.000000163. The van der Waals surface area contributed by atoms with E-state index in [0.717, 1.165) is 19.3 Å². The van der Waals surface area contributed by atoms with Crippen LogP contribution in [-0.2, 0) is 43.5 Å². The van der Waals surface area contributed by atoms with Gasteiger partial charge in [0.05, 0.1) is 0 Å². The van der Waals surface area contributed by atoms with Gasteiger partial charge in [0.1, 0.15) is 0 Å². The van der Waals surface area contributed by atoms with Gasteiger partial charge in [0.15, 0.2) is 0 Å². The molecule has 0 unspecified atom stereocenters. The maximum absolute atomic E-state index is 3.39. The third kappa shape index (κ3) is 7.99. The first kappa shape index (κ1) is 35.3. The van der Waals surface area contributed by atoms with Crippen LogP contribution in [0.1, 0.15) is 22.3 Å². The summed E-state index contributed by atoms with van der Waals surface area (Å²) in [6.45, 7) is 0. The van der Waals surface area contributed by atoms with Crippen molar-refractivity contribution in [3.63, 3.8) is 0 Å². The van der Waals surface area contributed by atoms with Gasteiger partial charge in [0, 0.05) is 0 Å². The molecule has 234 valence electrons. The molecule has 0 saturated heterocycles. The molecule has 3 heteroatoms. The van der Waals surface area contributed by atoms with Crippen LogP contribution in [0.3, 0.4) is 0 Å². The molecule has 0 bridgehead atoms. The normalized spacial score (nSPS) is 10.8. The molecule has 9 rings (SSSR count). The van der Waals surface area contributed by atoms with Gasteiger partial charge in [-0.2, -0.15) is 18.2 Å². The summed E-state index contributed by atoms with van der Waals surface area (Å²) in [5.41, 5.74) is 8.54. The van der Waals surface area contributed by atoms with Crippen molar-refractivity contribution in [1.82, 2.24) is 0 Å². The molecule has 1 aliphatic rings. The molecule has 0 nitrogen and oxygen atoms in total. The maximum Gasteiger partial charge on any atom is -0.0246 e. The van der Waals surface area contributed by atoms with Crippen molar-refractivity contribution in [2.75, 3.05) is 0 Å². The molecule has 0 spiro atoms. The molecule has 0 atom stereocenters. The zero-order chi connectivity index (χ0) is 31.1. The van der Waals surface area contributed by atoms with Gasteiger partial charge in [-0.1, -0.05) is 42.0 Å². The van der Waals surface area contributed by atoms with Crippen molar-refractivity contribution < 1.29 is 49.0 Å². The fraction of sp³-hybridized carbons (Fsp3) is 0.0667. The zero-order valence-corrected chi connectivity index (χ0v) is 30.5. The van der Waals surface area contributed by atoms with Crippen LogP contribution in [0.2, 0.25) is 0 Å². The smallest absolute Gasteiger partial charge is 0.0246 e. The van der Waals surface area contributed by atoms with Crippen molar-refractivity contribution in [2.45, 2.75) is 19.3 Å². The minimum atomic E-state index is 0. The summed E-state index contributed by atoms with van der Waals surface area (Å²) in [7, 11) is 0. The summed E-state index contributed by atoms with van der Waals surface area (Å²) in [5.74, 6) is 0. The zero-order valence-electron chi connectivity index (χ0n) is 26.5. The number of hydrogen-bond donors (Lipinski definition) is 0. The summed E-state index contributed by atoms with van der Waals surface area (Å²) in [6, 6.07) is 63.4. The van der Waals surface area contributed by atoms with E-state index in [1.54, 1.807) is 3.21 Å². The molecular formula is C45H34Cl2Zr-2. The second-order valence-corrected chi connectivity index (χ2v) is 13.5. The van der Waals surface area contributed by atoms with Gasteiger partial charge in [-0.25, -0.2) is 12.1 Å². The Kier molecular flexibility index (Phi) is 12.4. The van der Waals surface area contributed by atoms with Gasteiger partial charge in [0.25, 0.3) is 0 Å². The van der Waals surface area contributed by atoms with Crippen LogP contribution in [0, 0.1) is 6.07 Å². The summed E-state index contributed by atoms with van der Waals surface area (Å²) in [4.78, 5) is 0. The molecule has 0 fully saturated rings. The largest absolute Gasteiger partial charge is 0.214 e. The minimum Gasteiger partial charge on any atom is -0.214 e. The van der Waals surface area contributed by atoms with Crippen LogP contribution in [0.25, 0.3) is 43.4 Å². The van der Waals surface area contributed by atoms with Gasteiger partial charge in [0.2, 0.25) is 0 Å². The summed E-state index contributed by atoms with van der Waals surface area (Å²) < 4.78 is 1.59. The van der Waals surface area contributed by atoms with Gasteiger partial charge >= 0.3 is 158 Å². The van der Waals surface area contributed by atoms with Crippen LogP contribution in [0.5, 0.6) is 0 Å². The standard InChI is InChI=1S/C23H18.C17H11.C5H5.2ClH.Zr/c1-3-16-22-18(8-1)10-5-12-20(22)14-7-15-21-13-6-11-19-9-2-4-17-23(19)21;1-3-7-14-12(5-1)9-10-16-15-8-4-2-6-13(15)11-17(14)16;1-2-4-5-3-1;;;/h1-6,8-13,16-17H,14-15H2;1-6,8-10H,11H2;1-5H;2*1H;/q;2*-1;;;+2/p-2. The molecule has 0 aromatic heterocycles. The number of hydrogen-bond acceptors (Lipinski definition) is 0. The van der Waals surface area contributed by atoms with Crippen molar-refractivity contribution in [1.29, 1.82) is 0 Å². The second-order valence-electron chi connectivity index (χ2n) is 11.8. The van der Waals surface area contributed by atoms with E-state index in [4.69, 9.17) is 0 Å². The van der Waals surface area contributed by atoms with Crippen LogP contribution >= 0.6 is 0 Å². The fourth-order valence-electron chi connectivity index (χ4n) is 6.56. The van der Waals surface area contributed by atoms with E-state index in [9.17, 15) is 0 Å². The predicted octanol–water partition coefficient (Wildman–Crippen LogP) is 5.12. The summed E-state index contributed by atoms with van der Waals surface area (Å²) in [6.07, 6.45) is 3.19. The quantitative estimate of drug-likeness (QED) is 0.220. The Morgan fingerprint density at radius 3 is 1.73 bits per heavy atom. The minimum absolute atomic E-state index is 0. The van der Waals surface area contributed by atoms with E-state index in [1.807, 2.05) is 36.4 Å². The maximum atomic E-state index is 3.39. The molecule has 8 aromatic carbocycles. The average Bonchev–Trinajstić information content (AvgIpc) is 3.82. The summed E-state index contributed by atoms with van der Waals surface area (Å²) >= 11 is 1.53. The Hall–Kier alpha value is -4.00.